The lowest BCUT2D eigenvalue weighted by atomic mass is 10.0. The van der Waals surface area contributed by atoms with Gasteiger partial charge >= 0.3 is 0 Å². The lowest BCUT2D eigenvalue weighted by Gasteiger charge is -2.13. The molecule has 1 saturated carbocycles. The Morgan fingerprint density at radius 3 is 2.38 bits per heavy atom. The summed E-state index contributed by atoms with van der Waals surface area (Å²) in [5, 5.41) is 0. The Labute approximate surface area is 126 Å². The van der Waals surface area contributed by atoms with Gasteiger partial charge in [-0.25, -0.2) is 8.42 Å². The maximum Gasteiger partial charge on any atom is 0.175 e. The number of allylic oxidation sites excluding steroid dienone is 1. The van der Waals surface area contributed by atoms with Crippen molar-refractivity contribution in [2.45, 2.75) is 17.7 Å². The van der Waals surface area contributed by atoms with E-state index < -0.39 is 9.84 Å². The van der Waals surface area contributed by atoms with E-state index in [0.717, 1.165) is 30.5 Å². The zero-order chi connectivity index (χ0) is 15.6. The number of rotatable bonds is 4. The average Bonchev–Trinajstić information content (AvgIpc) is 2.70. The van der Waals surface area contributed by atoms with E-state index in [4.69, 9.17) is 0 Å². The lowest BCUT2D eigenvalue weighted by molar-refractivity contribution is -0.118. The van der Waals surface area contributed by atoms with Gasteiger partial charge in [0.15, 0.2) is 15.6 Å². The molecule has 1 fully saturated rings. The molecule has 0 aliphatic heterocycles. The first kappa shape index (κ1) is 15.9. The first-order valence-corrected chi connectivity index (χ1v) is 8.86. The highest BCUT2D eigenvalue weighted by Crippen LogP contribution is 2.29. The Morgan fingerprint density at radius 2 is 1.86 bits per heavy atom. The van der Waals surface area contributed by atoms with Crippen molar-refractivity contribution < 1.29 is 13.2 Å². The molecule has 21 heavy (non-hydrogen) atoms. The fourth-order valence-corrected chi connectivity index (χ4v) is 3.25. The average molecular weight is 307 g/mol. The van der Waals surface area contributed by atoms with E-state index in [9.17, 15) is 13.2 Å². The number of carbonyl (C=O) groups is 1. The van der Waals surface area contributed by atoms with Crippen LogP contribution < -0.4 is 0 Å². The molecule has 1 aliphatic rings. The normalized spacial score (nSPS) is 21.4. The van der Waals surface area contributed by atoms with Crippen LogP contribution in [0, 0.1) is 5.92 Å². The number of Topliss-reactive ketones (excluding diaryl/α,β-unsaturated/α-hetero) is 1. The Hall–Kier alpha value is -1.46. The van der Waals surface area contributed by atoms with Gasteiger partial charge in [-0.2, -0.15) is 0 Å². The number of hydrogen-bond donors (Lipinski definition) is 0. The van der Waals surface area contributed by atoms with Crippen LogP contribution in [0.1, 0.15) is 18.4 Å². The zero-order valence-corrected chi connectivity index (χ0v) is 13.5. The van der Waals surface area contributed by atoms with E-state index in [1.807, 2.05) is 25.1 Å². The van der Waals surface area contributed by atoms with E-state index in [1.165, 1.54) is 6.26 Å². The van der Waals surface area contributed by atoms with Crippen LogP contribution in [0.4, 0.5) is 0 Å². The van der Waals surface area contributed by atoms with Gasteiger partial charge in [0.25, 0.3) is 0 Å². The van der Waals surface area contributed by atoms with E-state index in [-0.39, 0.29) is 11.7 Å². The number of benzene rings is 1. The van der Waals surface area contributed by atoms with Crippen molar-refractivity contribution in [2.75, 3.05) is 26.9 Å². The summed E-state index contributed by atoms with van der Waals surface area (Å²) in [7, 11) is 0.769. The van der Waals surface area contributed by atoms with Crippen LogP contribution in [0.15, 0.2) is 34.7 Å². The fraction of sp³-hybridized carbons (Fsp3) is 0.438. The van der Waals surface area contributed by atoms with Crippen LogP contribution in [-0.4, -0.2) is 46.0 Å². The molecule has 0 N–H and O–H groups in total. The first-order chi connectivity index (χ1) is 9.77. The van der Waals surface area contributed by atoms with Crippen LogP contribution in [0.3, 0.4) is 0 Å². The summed E-state index contributed by atoms with van der Waals surface area (Å²) in [6, 6.07) is 6.66. The molecule has 0 bridgehead atoms. The van der Waals surface area contributed by atoms with Crippen molar-refractivity contribution in [3.8, 4) is 0 Å². The third kappa shape index (κ3) is 4.02. The topological polar surface area (TPSA) is 54.5 Å². The molecule has 114 valence electrons. The molecule has 2 rings (SSSR count). The van der Waals surface area contributed by atoms with Crippen LogP contribution in [0.25, 0.3) is 6.08 Å². The fourth-order valence-electron chi connectivity index (χ4n) is 2.62. The first-order valence-electron chi connectivity index (χ1n) is 6.97. The van der Waals surface area contributed by atoms with Gasteiger partial charge in [-0.3, -0.25) is 4.79 Å². The van der Waals surface area contributed by atoms with Gasteiger partial charge in [0.2, 0.25) is 0 Å². The predicted molar refractivity (Wildman–Crippen MR) is 83.8 cm³/mol. The van der Waals surface area contributed by atoms with Gasteiger partial charge in [-0.05, 0) is 56.3 Å². The number of ketones is 1. The molecule has 1 aromatic carbocycles. The van der Waals surface area contributed by atoms with Crippen LogP contribution in [0.5, 0.6) is 0 Å². The molecule has 1 unspecified atom stereocenters. The van der Waals surface area contributed by atoms with Crippen molar-refractivity contribution in [1.82, 2.24) is 4.90 Å². The summed E-state index contributed by atoms with van der Waals surface area (Å²) in [5.74, 6) is 0.303. The quantitative estimate of drug-likeness (QED) is 0.799. The summed E-state index contributed by atoms with van der Waals surface area (Å²) < 4.78 is 22.8. The Balaban J connectivity index is 2.16. The van der Waals surface area contributed by atoms with Crippen LogP contribution >= 0.6 is 0 Å². The van der Waals surface area contributed by atoms with Crippen molar-refractivity contribution in [3.05, 3.63) is 35.4 Å². The summed E-state index contributed by atoms with van der Waals surface area (Å²) in [5.41, 5.74) is 1.71. The molecule has 1 aliphatic carbocycles. The minimum absolute atomic E-state index is 0.0848. The summed E-state index contributed by atoms with van der Waals surface area (Å²) in [6.45, 7) is 0.781. The molecule has 0 saturated heterocycles. The Bertz CT molecular complexity index is 657. The SMILES string of the molecule is CN(C)CC1CCC(=Cc2ccc(S(C)(=O)=O)cc2)C1=O. The highest BCUT2D eigenvalue weighted by Gasteiger charge is 2.29. The second-order valence-corrected chi connectivity index (χ2v) is 7.89. The third-order valence-electron chi connectivity index (χ3n) is 3.68. The van der Waals surface area contributed by atoms with Gasteiger partial charge < -0.3 is 4.90 Å². The van der Waals surface area contributed by atoms with E-state index in [0.29, 0.717) is 4.90 Å². The van der Waals surface area contributed by atoms with Crippen molar-refractivity contribution >= 4 is 21.7 Å². The molecular weight excluding hydrogens is 286 g/mol. The number of hydrogen-bond acceptors (Lipinski definition) is 4. The molecule has 0 aromatic heterocycles. The molecule has 5 heteroatoms. The van der Waals surface area contributed by atoms with Crippen LogP contribution in [-0.2, 0) is 14.6 Å². The second-order valence-electron chi connectivity index (χ2n) is 5.87. The summed E-state index contributed by atoms with van der Waals surface area (Å²) in [4.78, 5) is 14.6. The molecule has 1 aromatic rings. The third-order valence-corrected chi connectivity index (χ3v) is 4.81. The monoisotopic (exact) mass is 307 g/mol. The van der Waals surface area contributed by atoms with Gasteiger partial charge in [-0.1, -0.05) is 12.1 Å². The van der Waals surface area contributed by atoms with Gasteiger partial charge in [0, 0.05) is 18.7 Å². The zero-order valence-electron chi connectivity index (χ0n) is 12.7. The maximum atomic E-state index is 12.3. The predicted octanol–water partition coefficient (Wildman–Crippen LogP) is 2.01. The molecule has 0 heterocycles. The van der Waals surface area contributed by atoms with Gasteiger partial charge in [0.1, 0.15) is 0 Å². The van der Waals surface area contributed by atoms with Crippen molar-refractivity contribution in [3.63, 3.8) is 0 Å². The Kier molecular flexibility index (Phi) is 4.64. The maximum absolute atomic E-state index is 12.3. The number of sulfone groups is 1. The molecule has 1 atom stereocenters. The van der Waals surface area contributed by atoms with E-state index >= 15 is 0 Å². The van der Waals surface area contributed by atoms with Crippen molar-refractivity contribution in [2.24, 2.45) is 5.92 Å². The minimum Gasteiger partial charge on any atom is -0.309 e. The molecular formula is C16H21NO3S. The molecule has 4 nitrogen and oxygen atoms in total. The van der Waals surface area contributed by atoms with Gasteiger partial charge in [0.05, 0.1) is 4.90 Å². The van der Waals surface area contributed by atoms with Gasteiger partial charge in [-0.15, -0.1) is 0 Å². The second kappa shape index (κ2) is 6.12. The Morgan fingerprint density at radius 1 is 1.24 bits per heavy atom. The van der Waals surface area contributed by atoms with E-state index in [1.54, 1.807) is 24.3 Å². The molecule has 0 radical (unpaired) electrons. The van der Waals surface area contributed by atoms with E-state index in [2.05, 4.69) is 0 Å². The number of carbonyl (C=O) groups excluding carboxylic acids is 1. The van der Waals surface area contributed by atoms with Crippen LogP contribution in [0.2, 0.25) is 0 Å². The smallest absolute Gasteiger partial charge is 0.175 e. The van der Waals surface area contributed by atoms with Crippen molar-refractivity contribution in [1.29, 1.82) is 0 Å². The molecule has 0 spiro atoms. The summed E-state index contributed by atoms with van der Waals surface area (Å²) in [6.07, 6.45) is 4.76. The molecule has 0 amide bonds. The standard InChI is InChI=1S/C16H21NO3S/c1-17(2)11-14-7-6-13(16(14)18)10-12-4-8-15(9-5-12)21(3,19)20/h4-5,8-10,14H,6-7,11H2,1-3H3. The lowest BCUT2D eigenvalue weighted by Crippen LogP contribution is -2.24. The summed E-state index contributed by atoms with van der Waals surface area (Å²) >= 11 is 0. The highest BCUT2D eigenvalue weighted by atomic mass is 32.2. The number of nitrogens with zero attached hydrogens (tertiary/aromatic N) is 1. The largest absolute Gasteiger partial charge is 0.309 e. The highest BCUT2D eigenvalue weighted by molar-refractivity contribution is 7.90. The minimum atomic E-state index is -3.17.